The molecule has 0 amide bonds. The maximum atomic E-state index is 12.1. The lowest BCUT2D eigenvalue weighted by atomic mass is 10.1. The summed E-state index contributed by atoms with van der Waals surface area (Å²) in [5, 5.41) is 0. The monoisotopic (exact) mass is 200 g/mol. The van der Waals surface area contributed by atoms with E-state index in [0.29, 0.717) is 5.69 Å². The van der Waals surface area contributed by atoms with Crippen LogP contribution in [0.4, 0.5) is 18.9 Å². The molecule has 2 N–H and O–H groups in total. The highest BCUT2D eigenvalue weighted by Gasteiger charge is 2.37. The molecule has 1 atom stereocenters. The van der Waals surface area contributed by atoms with Crippen molar-refractivity contribution in [3.8, 4) is 0 Å². The predicted octanol–water partition coefficient (Wildman–Crippen LogP) is 2.80. The first-order valence-corrected chi connectivity index (χ1v) is 3.75. The lowest BCUT2D eigenvalue weighted by Gasteiger charge is -2.15. The topological polar surface area (TPSA) is 30.4 Å². The molecule has 1 aromatic carbocycles. The Labute approximate surface area is 79.0 Å². The second kappa shape index (κ2) is 3.68. The van der Waals surface area contributed by atoms with Crippen LogP contribution in [-0.2, 0) is 0 Å². The minimum Gasteiger partial charge on any atom is -0.316 e. The molecule has 2 nitrogen and oxygen atoms in total. The molecule has 0 fully saturated rings. The SMILES string of the molecule is [C-]#[N+]c1ccc([C@H](N)C(F)(F)F)cc1. The van der Waals surface area contributed by atoms with Gasteiger partial charge in [0.25, 0.3) is 0 Å². The van der Waals surface area contributed by atoms with Crippen molar-refractivity contribution < 1.29 is 13.2 Å². The summed E-state index contributed by atoms with van der Waals surface area (Å²) in [6.07, 6.45) is -4.44. The molecule has 1 aromatic rings. The van der Waals surface area contributed by atoms with E-state index in [1.165, 1.54) is 24.3 Å². The number of benzene rings is 1. The maximum absolute atomic E-state index is 12.1. The number of halogens is 3. The van der Waals surface area contributed by atoms with Crippen LogP contribution in [0, 0.1) is 6.57 Å². The largest absolute Gasteiger partial charge is 0.407 e. The number of rotatable bonds is 1. The smallest absolute Gasteiger partial charge is 0.316 e. The van der Waals surface area contributed by atoms with Gasteiger partial charge in [0, 0.05) is 0 Å². The van der Waals surface area contributed by atoms with Gasteiger partial charge in [-0.05, 0) is 5.56 Å². The van der Waals surface area contributed by atoms with Crippen molar-refractivity contribution in [1.82, 2.24) is 0 Å². The Morgan fingerprint density at radius 1 is 1.21 bits per heavy atom. The maximum Gasteiger partial charge on any atom is 0.407 e. The highest BCUT2D eigenvalue weighted by Crippen LogP contribution is 2.30. The minimum absolute atomic E-state index is 0.0371. The molecule has 0 bridgehead atoms. The third-order valence-electron chi connectivity index (χ3n) is 1.73. The van der Waals surface area contributed by atoms with Gasteiger partial charge in [0.05, 0.1) is 6.57 Å². The molecule has 0 aromatic heterocycles. The third-order valence-corrected chi connectivity index (χ3v) is 1.73. The first kappa shape index (κ1) is 10.5. The van der Waals surface area contributed by atoms with Crippen LogP contribution in [0.5, 0.6) is 0 Å². The van der Waals surface area contributed by atoms with Gasteiger partial charge in [0.1, 0.15) is 6.04 Å². The number of alkyl halides is 3. The van der Waals surface area contributed by atoms with Gasteiger partial charge in [0.2, 0.25) is 0 Å². The van der Waals surface area contributed by atoms with E-state index >= 15 is 0 Å². The summed E-state index contributed by atoms with van der Waals surface area (Å²) in [7, 11) is 0. The summed E-state index contributed by atoms with van der Waals surface area (Å²) in [6.45, 7) is 6.62. The van der Waals surface area contributed by atoms with E-state index in [4.69, 9.17) is 12.3 Å². The Morgan fingerprint density at radius 3 is 2.07 bits per heavy atom. The van der Waals surface area contributed by atoms with Crippen molar-refractivity contribution in [2.45, 2.75) is 12.2 Å². The van der Waals surface area contributed by atoms with Gasteiger partial charge >= 0.3 is 6.18 Å². The normalized spacial score (nSPS) is 13.4. The first-order chi connectivity index (χ1) is 6.45. The quantitative estimate of drug-likeness (QED) is 0.694. The molecule has 0 aliphatic carbocycles. The van der Waals surface area contributed by atoms with Gasteiger partial charge in [-0.15, -0.1) is 0 Å². The third kappa shape index (κ3) is 2.24. The first-order valence-electron chi connectivity index (χ1n) is 3.75. The Morgan fingerprint density at radius 2 is 1.71 bits per heavy atom. The van der Waals surface area contributed by atoms with Crippen molar-refractivity contribution in [3.63, 3.8) is 0 Å². The molecule has 0 aliphatic rings. The van der Waals surface area contributed by atoms with Crippen LogP contribution in [0.25, 0.3) is 4.85 Å². The van der Waals surface area contributed by atoms with Crippen molar-refractivity contribution >= 4 is 5.69 Å². The molecule has 0 unspecified atom stereocenters. The molecule has 0 saturated carbocycles. The van der Waals surface area contributed by atoms with E-state index in [9.17, 15) is 13.2 Å². The van der Waals surface area contributed by atoms with Crippen LogP contribution in [0.15, 0.2) is 24.3 Å². The summed E-state index contributed by atoms with van der Waals surface area (Å²) in [4.78, 5) is 3.06. The van der Waals surface area contributed by atoms with E-state index in [1.54, 1.807) is 0 Å². The predicted molar refractivity (Wildman–Crippen MR) is 45.7 cm³/mol. The summed E-state index contributed by atoms with van der Waals surface area (Å²) in [5.74, 6) is 0. The van der Waals surface area contributed by atoms with Gasteiger partial charge in [-0.2, -0.15) is 13.2 Å². The number of hydrogen-bond donors (Lipinski definition) is 1. The van der Waals surface area contributed by atoms with E-state index in [0.717, 1.165) is 0 Å². The summed E-state index contributed by atoms with van der Waals surface area (Å²) < 4.78 is 36.4. The van der Waals surface area contributed by atoms with Gasteiger partial charge in [-0.3, -0.25) is 0 Å². The fraction of sp³-hybridized carbons (Fsp3) is 0.222. The molecule has 0 saturated heterocycles. The van der Waals surface area contributed by atoms with Gasteiger partial charge in [-0.25, -0.2) is 4.85 Å². The summed E-state index contributed by atoms with van der Waals surface area (Å²) in [5.41, 5.74) is 5.22. The van der Waals surface area contributed by atoms with E-state index < -0.39 is 12.2 Å². The Kier molecular flexibility index (Phi) is 2.77. The molecule has 74 valence electrons. The van der Waals surface area contributed by atoms with E-state index in [1.807, 2.05) is 0 Å². The standard InChI is InChI=1S/C9H7F3N2/c1-14-7-4-2-6(3-5-7)8(13)9(10,11)12/h2-5,8H,13H2/t8-/m0/s1. The van der Waals surface area contributed by atoms with Crippen LogP contribution >= 0.6 is 0 Å². The summed E-state index contributed by atoms with van der Waals surface area (Å²) >= 11 is 0. The van der Waals surface area contributed by atoms with Gasteiger partial charge in [-0.1, -0.05) is 24.3 Å². The van der Waals surface area contributed by atoms with Crippen molar-refractivity contribution in [2.75, 3.05) is 0 Å². The molecule has 14 heavy (non-hydrogen) atoms. The second-order valence-electron chi connectivity index (χ2n) is 2.72. The fourth-order valence-corrected chi connectivity index (χ4v) is 0.945. The molecule has 0 heterocycles. The second-order valence-corrected chi connectivity index (χ2v) is 2.72. The molecule has 0 aliphatic heterocycles. The van der Waals surface area contributed by atoms with Crippen LogP contribution in [-0.4, -0.2) is 6.18 Å². The van der Waals surface area contributed by atoms with E-state index in [-0.39, 0.29) is 5.56 Å². The average Bonchev–Trinajstić information content (AvgIpc) is 2.15. The Hall–Kier alpha value is -1.54. The average molecular weight is 200 g/mol. The number of nitrogens with two attached hydrogens (primary N) is 1. The summed E-state index contributed by atoms with van der Waals surface area (Å²) in [6, 6.07) is 3.07. The van der Waals surface area contributed by atoms with Crippen LogP contribution < -0.4 is 5.73 Å². The van der Waals surface area contributed by atoms with Crippen LogP contribution in [0.1, 0.15) is 11.6 Å². The molecule has 5 heteroatoms. The lowest BCUT2D eigenvalue weighted by Crippen LogP contribution is -2.28. The molecular weight excluding hydrogens is 193 g/mol. The molecule has 1 rings (SSSR count). The molecule has 0 spiro atoms. The minimum atomic E-state index is -4.44. The highest BCUT2D eigenvalue weighted by molar-refractivity contribution is 5.45. The van der Waals surface area contributed by atoms with Gasteiger partial charge < -0.3 is 5.73 Å². The van der Waals surface area contributed by atoms with Crippen LogP contribution in [0.2, 0.25) is 0 Å². The van der Waals surface area contributed by atoms with E-state index in [2.05, 4.69) is 4.85 Å². The number of hydrogen-bond acceptors (Lipinski definition) is 1. The van der Waals surface area contributed by atoms with Gasteiger partial charge in [0.15, 0.2) is 5.69 Å². The number of nitrogens with zero attached hydrogens (tertiary/aromatic N) is 1. The Balaban J connectivity index is 2.94. The van der Waals surface area contributed by atoms with Crippen LogP contribution in [0.3, 0.4) is 0 Å². The van der Waals surface area contributed by atoms with Crippen molar-refractivity contribution in [1.29, 1.82) is 0 Å². The zero-order valence-corrected chi connectivity index (χ0v) is 7.05. The zero-order chi connectivity index (χ0) is 10.8. The fourth-order valence-electron chi connectivity index (χ4n) is 0.945. The highest BCUT2D eigenvalue weighted by atomic mass is 19.4. The lowest BCUT2D eigenvalue weighted by molar-refractivity contribution is -0.149. The van der Waals surface area contributed by atoms with Crippen molar-refractivity contribution in [2.24, 2.45) is 5.73 Å². The van der Waals surface area contributed by atoms with Crippen molar-refractivity contribution in [3.05, 3.63) is 41.2 Å². The zero-order valence-electron chi connectivity index (χ0n) is 7.05. The molecular formula is C9H7F3N2. The molecule has 0 radical (unpaired) electrons. The Bertz CT molecular complexity index is 348.